The molecule has 1 aliphatic heterocycles. The van der Waals surface area contributed by atoms with Gasteiger partial charge in [-0.1, -0.05) is 6.92 Å². The molecule has 1 atom stereocenters. The van der Waals surface area contributed by atoms with Crippen molar-refractivity contribution in [2.45, 2.75) is 38.8 Å². The minimum atomic E-state index is 0.174. The minimum absolute atomic E-state index is 0.174. The smallest absolute Gasteiger partial charge is 0.134 e. The van der Waals surface area contributed by atoms with E-state index in [1.54, 1.807) is 17.7 Å². The molecule has 0 aromatic carbocycles. The first-order valence-corrected chi connectivity index (χ1v) is 8.93. The first kappa shape index (κ1) is 16.1. The summed E-state index contributed by atoms with van der Waals surface area (Å²) in [5, 5.41) is 12.8. The maximum atomic E-state index is 9.49. The van der Waals surface area contributed by atoms with Gasteiger partial charge < -0.3 is 14.9 Å². The zero-order chi connectivity index (χ0) is 16.2. The van der Waals surface area contributed by atoms with Crippen molar-refractivity contribution in [1.82, 2.24) is 15.0 Å². The van der Waals surface area contributed by atoms with Crippen LogP contribution in [-0.2, 0) is 13.0 Å². The topological polar surface area (TPSA) is 65.4 Å². The van der Waals surface area contributed by atoms with Gasteiger partial charge >= 0.3 is 0 Å². The highest BCUT2D eigenvalue weighted by Gasteiger charge is 2.25. The number of nitrogens with zero attached hydrogens (tertiary/aromatic N) is 5. The van der Waals surface area contributed by atoms with Gasteiger partial charge in [0.2, 0.25) is 0 Å². The summed E-state index contributed by atoms with van der Waals surface area (Å²) < 4.78 is 0. The number of thiazole rings is 1. The molecule has 23 heavy (non-hydrogen) atoms. The Morgan fingerprint density at radius 3 is 3.04 bits per heavy atom. The quantitative estimate of drug-likeness (QED) is 0.873. The largest absolute Gasteiger partial charge is 0.394 e. The lowest BCUT2D eigenvalue weighted by Gasteiger charge is -2.25. The van der Waals surface area contributed by atoms with Crippen LogP contribution in [0.15, 0.2) is 17.8 Å². The SMILES string of the molecule is CCc1nc(CN(C)c2cc(N3CCCC3CO)ncn2)cs1. The van der Waals surface area contributed by atoms with Crippen molar-refractivity contribution in [3.05, 3.63) is 28.5 Å². The van der Waals surface area contributed by atoms with Crippen LogP contribution in [0.3, 0.4) is 0 Å². The van der Waals surface area contributed by atoms with Crippen LogP contribution in [0.2, 0.25) is 0 Å². The lowest BCUT2D eigenvalue weighted by Crippen LogP contribution is -2.33. The van der Waals surface area contributed by atoms with E-state index < -0.39 is 0 Å². The normalized spacial score (nSPS) is 17.7. The van der Waals surface area contributed by atoms with E-state index in [0.29, 0.717) is 0 Å². The summed E-state index contributed by atoms with van der Waals surface area (Å²) >= 11 is 1.71. The fourth-order valence-electron chi connectivity index (χ4n) is 2.94. The Hall–Kier alpha value is -1.73. The van der Waals surface area contributed by atoms with Gasteiger partial charge in [0.05, 0.1) is 29.9 Å². The predicted molar refractivity (Wildman–Crippen MR) is 93.1 cm³/mol. The Labute approximate surface area is 140 Å². The van der Waals surface area contributed by atoms with Gasteiger partial charge in [0.1, 0.15) is 18.0 Å². The molecular weight excluding hydrogens is 310 g/mol. The Balaban J connectivity index is 1.73. The summed E-state index contributed by atoms with van der Waals surface area (Å²) in [5.41, 5.74) is 1.07. The number of aromatic nitrogens is 3. The zero-order valence-electron chi connectivity index (χ0n) is 13.6. The maximum Gasteiger partial charge on any atom is 0.134 e. The Morgan fingerprint density at radius 1 is 1.43 bits per heavy atom. The van der Waals surface area contributed by atoms with Gasteiger partial charge in [-0.2, -0.15) is 0 Å². The molecular formula is C16H23N5OS. The minimum Gasteiger partial charge on any atom is -0.394 e. The first-order valence-electron chi connectivity index (χ1n) is 8.05. The van der Waals surface area contributed by atoms with E-state index in [2.05, 4.69) is 37.1 Å². The molecule has 1 fully saturated rings. The molecule has 0 radical (unpaired) electrons. The van der Waals surface area contributed by atoms with E-state index in [1.807, 2.05) is 13.1 Å². The number of hydrogen-bond acceptors (Lipinski definition) is 7. The highest BCUT2D eigenvalue weighted by molar-refractivity contribution is 7.09. The van der Waals surface area contributed by atoms with Crippen LogP contribution in [0.25, 0.3) is 0 Å². The van der Waals surface area contributed by atoms with Gasteiger partial charge in [-0.3, -0.25) is 0 Å². The molecule has 1 saturated heterocycles. The molecule has 0 saturated carbocycles. The monoisotopic (exact) mass is 333 g/mol. The highest BCUT2D eigenvalue weighted by atomic mass is 32.1. The molecule has 6 nitrogen and oxygen atoms in total. The predicted octanol–water partition coefficient (Wildman–Crippen LogP) is 2.09. The number of aliphatic hydroxyl groups is 1. The molecule has 0 amide bonds. The molecule has 1 unspecified atom stereocenters. The van der Waals surface area contributed by atoms with Crippen LogP contribution in [0.4, 0.5) is 11.6 Å². The van der Waals surface area contributed by atoms with Gasteiger partial charge in [-0.25, -0.2) is 15.0 Å². The zero-order valence-corrected chi connectivity index (χ0v) is 14.5. The highest BCUT2D eigenvalue weighted by Crippen LogP contribution is 2.26. The second-order valence-electron chi connectivity index (χ2n) is 5.85. The summed E-state index contributed by atoms with van der Waals surface area (Å²) in [6, 6.07) is 2.18. The van der Waals surface area contributed by atoms with E-state index >= 15 is 0 Å². The average molecular weight is 333 g/mol. The Morgan fingerprint density at radius 2 is 2.30 bits per heavy atom. The van der Waals surface area contributed by atoms with Gasteiger partial charge in [0.15, 0.2) is 0 Å². The molecule has 3 rings (SSSR count). The van der Waals surface area contributed by atoms with Crippen molar-refractivity contribution in [2.75, 3.05) is 30.0 Å². The van der Waals surface area contributed by atoms with E-state index in [0.717, 1.165) is 49.7 Å². The van der Waals surface area contributed by atoms with Crippen molar-refractivity contribution >= 4 is 23.0 Å². The molecule has 124 valence electrons. The number of rotatable bonds is 6. The number of anilines is 2. The summed E-state index contributed by atoms with van der Waals surface area (Å²) in [6.45, 7) is 3.97. The molecule has 0 spiro atoms. The Bertz CT molecular complexity index is 647. The van der Waals surface area contributed by atoms with Crippen molar-refractivity contribution < 1.29 is 5.11 Å². The third-order valence-electron chi connectivity index (χ3n) is 4.21. The third kappa shape index (κ3) is 3.61. The van der Waals surface area contributed by atoms with Crippen LogP contribution in [0, 0.1) is 0 Å². The van der Waals surface area contributed by atoms with Crippen LogP contribution in [0.5, 0.6) is 0 Å². The average Bonchev–Trinajstić information content (AvgIpc) is 3.23. The van der Waals surface area contributed by atoms with Gasteiger partial charge in [0, 0.05) is 25.0 Å². The lowest BCUT2D eigenvalue weighted by molar-refractivity contribution is 0.266. The molecule has 2 aromatic heterocycles. The van der Waals surface area contributed by atoms with E-state index in [-0.39, 0.29) is 12.6 Å². The van der Waals surface area contributed by atoms with Crippen LogP contribution >= 0.6 is 11.3 Å². The van der Waals surface area contributed by atoms with Crippen LogP contribution in [0.1, 0.15) is 30.5 Å². The van der Waals surface area contributed by atoms with Crippen LogP contribution < -0.4 is 9.80 Å². The second kappa shape index (κ2) is 7.23. The molecule has 1 aliphatic rings. The molecule has 7 heteroatoms. The fourth-order valence-corrected chi connectivity index (χ4v) is 3.67. The Kier molecular flexibility index (Phi) is 5.07. The van der Waals surface area contributed by atoms with Crippen molar-refractivity contribution in [3.63, 3.8) is 0 Å². The standard InChI is InChI=1S/C16H23N5OS/c1-3-16-19-12(10-23-16)8-20(2)14-7-15(18-11-17-14)21-6-4-5-13(21)9-22/h7,10-11,13,22H,3-6,8-9H2,1-2H3. The summed E-state index contributed by atoms with van der Waals surface area (Å²) in [7, 11) is 2.02. The van der Waals surface area contributed by atoms with E-state index in [4.69, 9.17) is 0 Å². The van der Waals surface area contributed by atoms with Crippen LogP contribution in [-0.4, -0.2) is 46.3 Å². The number of aryl methyl sites for hydroxylation is 1. The van der Waals surface area contributed by atoms with Gasteiger partial charge in [0.25, 0.3) is 0 Å². The van der Waals surface area contributed by atoms with Crippen molar-refractivity contribution in [3.8, 4) is 0 Å². The van der Waals surface area contributed by atoms with Crippen molar-refractivity contribution in [1.29, 1.82) is 0 Å². The van der Waals surface area contributed by atoms with E-state index in [1.165, 1.54) is 5.01 Å². The number of aliphatic hydroxyl groups excluding tert-OH is 1. The number of hydrogen-bond donors (Lipinski definition) is 1. The molecule has 0 bridgehead atoms. The first-order chi connectivity index (χ1) is 11.2. The molecule has 1 N–H and O–H groups in total. The van der Waals surface area contributed by atoms with Gasteiger partial charge in [-0.15, -0.1) is 11.3 Å². The fraction of sp³-hybridized carbons (Fsp3) is 0.562. The summed E-state index contributed by atoms with van der Waals surface area (Å²) in [6.07, 6.45) is 4.69. The summed E-state index contributed by atoms with van der Waals surface area (Å²) in [4.78, 5) is 17.6. The second-order valence-corrected chi connectivity index (χ2v) is 6.79. The lowest BCUT2D eigenvalue weighted by atomic mass is 10.2. The van der Waals surface area contributed by atoms with Crippen molar-refractivity contribution in [2.24, 2.45) is 0 Å². The summed E-state index contributed by atoms with van der Waals surface area (Å²) in [5.74, 6) is 1.77. The maximum absolute atomic E-state index is 9.49. The van der Waals surface area contributed by atoms with E-state index in [9.17, 15) is 5.11 Å². The van der Waals surface area contributed by atoms with Gasteiger partial charge in [-0.05, 0) is 19.3 Å². The molecule has 3 heterocycles. The molecule has 0 aliphatic carbocycles. The third-order valence-corrected chi connectivity index (χ3v) is 5.25. The molecule has 2 aromatic rings.